The van der Waals surface area contributed by atoms with E-state index in [0.29, 0.717) is 12.1 Å². The number of aryl methyl sites for hydroxylation is 1. The molecule has 0 fully saturated rings. The zero-order valence-corrected chi connectivity index (χ0v) is 15.2. The lowest BCUT2D eigenvalue weighted by atomic mass is 10.1. The van der Waals surface area contributed by atoms with Gasteiger partial charge in [0.25, 0.3) is 5.91 Å². The van der Waals surface area contributed by atoms with Crippen LogP contribution in [0.25, 0.3) is 0 Å². The fourth-order valence-corrected chi connectivity index (χ4v) is 3.49. The first kappa shape index (κ1) is 18.9. The van der Waals surface area contributed by atoms with Gasteiger partial charge in [-0.2, -0.15) is 0 Å². The summed E-state index contributed by atoms with van der Waals surface area (Å²) in [6.07, 6.45) is 1.46. The Morgan fingerprint density at radius 3 is 2.56 bits per heavy atom. The van der Waals surface area contributed by atoms with Gasteiger partial charge in [0, 0.05) is 24.3 Å². The molecule has 0 aliphatic rings. The van der Waals surface area contributed by atoms with Crippen LogP contribution in [0.15, 0.2) is 66.1 Å². The Bertz CT molecular complexity index is 876. The van der Waals surface area contributed by atoms with Crippen LogP contribution in [0.3, 0.4) is 0 Å². The standard InChI is InChI=1S/C19H22N2O3S/c1-4-12-20-25(23,24)18-11-7-9-16(14-18)19(22)21(5-2)17-10-6-8-15(3)13-17/h4,6-11,13-14,20H,1,5,12H2,2-3H3. The molecule has 5 nitrogen and oxygen atoms in total. The van der Waals surface area contributed by atoms with Crippen LogP contribution >= 0.6 is 0 Å². The van der Waals surface area contributed by atoms with Gasteiger partial charge in [-0.1, -0.05) is 24.3 Å². The second-order valence-electron chi connectivity index (χ2n) is 5.56. The number of carbonyl (C=O) groups excluding carboxylic acids is 1. The van der Waals surface area contributed by atoms with Crippen LogP contribution in [-0.2, 0) is 10.0 Å². The van der Waals surface area contributed by atoms with Gasteiger partial charge < -0.3 is 4.90 Å². The van der Waals surface area contributed by atoms with Crippen molar-refractivity contribution in [1.29, 1.82) is 0 Å². The minimum absolute atomic E-state index is 0.0560. The summed E-state index contributed by atoms with van der Waals surface area (Å²) in [6.45, 7) is 7.94. The summed E-state index contributed by atoms with van der Waals surface area (Å²) in [5.74, 6) is -0.242. The molecule has 0 saturated carbocycles. The normalized spacial score (nSPS) is 11.1. The highest BCUT2D eigenvalue weighted by atomic mass is 32.2. The van der Waals surface area contributed by atoms with Crippen LogP contribution in [0.4, 0.5) is 5.69 Å². The molecule has 0 heterocycles. The van der Waals surface area contributed by atoms with Crippen molar-refractivity contribution in [2.75, 3.05) is 18.0 Å². The Kier molecular flexibility index (Phi) is 6.12. The molecular formula is C19H22N2O3S. The van der Waals surface area contributed by atoms with E-state index in [0.717, 1.165) is 11.3 Å². The second kappa shape index (κ2) is 8.09. The Hall–Kier alpha value is -2.44. The van der Waals surface area contributed by atoms with Gasteiger partial charge in [-0.3, -0.25) is 4.79 Å². The molecule has 0 radical (unpaired) electrons. The topological polar surface area (TPSA) is 66.5 Å². The summed E-state index contributed by atoms with van der Waals surface area (Å²) in [7, 11) is -3.67. The molecule has 0 unspecified atom stereocenters. The SMILES string of the molecule is C=CCNS(=O)(=O)c1cccc(C(=O)N(CC)c2cccc(C)c2)c1. The van der Waals surface area contributed by atoms with Gasteiger partial charge in [0.2, 0.25) is 10.0 Å². The van der Waals surface area contributed by atoms with E-state index in [2.05, 4.69) is 11.3 Å². The van der Waals surface area contributed by atoms with Gasteiger partial charge in [0.05, 0.1) is 4.90 Å². The van der Waals surface area contributed by atoms with E-state index in [9.17, 15) is 13.2 Å². The molecule has 0 aliphatic heterocycles. The molecule has 0 atom stereocenters. The Labute approximate surface area is 149 Å². The van der Waals surface area contributed by atoms with Crippen molar-refractivity contribution < 1.29 is 13.2 Å². The molecule has 1 N–H and O–H groups in total. The molecule has 0 aliphatic carbocycles. The van der Waals surface area contributed by atoms with Crippen molar-refractivity contribution in [3.05, 3.63) is 72.3 Å². The lowest BCUT2D eigenvalue weighted by molar-refractivity contribution is 0.0988. The van der Waals surface area contributed by atoms with E-state index in [1.165, 1.54) is 18.2 Å². The van der Waals surface area contributed by atoms with Crippen molar-refractivity contribution in [3.8, 4) is 0 Å². The lowest BCUT2D eigenvalue weighted by Crippen LogP contribution is -2.31. The average molecular weight is 358 g/mol. The molecule has 2 aromatic carbocycles. The van der Waals surface area contributed by atoms with E-state index in [1.54, 1.807) is 17.0 Å². The summed E-state index contributed by atoms with van der Waals surface area (Å²) in [6, 6.07) is 13.7. The summed E-state index contributed by atoms with van der Waals surface area (Å²) in [5.41, 5.74) is 2.16. The van der Waals surface area contributed by atoms with Gasteiger partial charge in [0.1, 0.15) is 0 Å². The molecule has 0 saturated heterocycles. The number of anilines is 1. The zero-order chi connectivity index (χ0) is 18.4. The minimum Gasteiger partial charge on any atom is -0.309 e. The third-order valence-electron chi connectivity index (χ3n) is 3.68. The highest BCUT2D eigenvalue weighted by Gasteiger charge is 2.19. The molecule has 132 valence electrons. The van der Waals surface area contributed by atoms with E-state index in [1.807, 2.05) is 38.1 Å². The number of nitrogens with zero attached hydrogens (tertiary/aromatic N) is 1. The molecular weight excluding hydrogens is 336 g/mol. The minimum atomic E-state index is -3.67. The monoisotopic (exact) mass is 358 g/mol. The average Bonchev–Trinajstić information content (AvgIpc) is 2.61. The molecule has 25 heavy (non-hydrogen) atoms. The lowest BCUT2D eigenvalue weighted by Gasteiger charge is -2.22. The number of amides is 1. The van der Waals surface area contributed by atoms with Crippen LogP contribution in [0.1, 0.15) is 22.8 Å². The van der Waals surface area contributed by atoms with E-state index >= 15 is 0 Å². The number of hydrogen-bond acceptors (Lipinski definition) is 3. The van der Waals surface area contributed by atoms with Crippen molar-refractivity contribution in [2.45, 2.75) is 18.7 Å². The number of sulfonamides is 1. The number of hydrogen-bond donors (Lipinski definition) is 1. The third-order valence-corrected chi connectivity index (χ3v) is 5.10. The molecule has 6 heteroatoms. The van der Waals surface area contributed by atoms with Crippen LogP contribution in [0.2, 0.25) is 0 Å². The maximum absolute atomic E-state index is 12.9. The number of carbonyl (C=O) groups is 1. The van der Waals surface area contributed by atoms with Crippen molar-refractivity contribution in [3.63, 3.8) is 0 Å². The summed E-state index contributed by atoms with van der Waals surface area (Å²) < 4.78 is 26.9. The first-order valence-corrected chi connectivity index (χ1v) is 9.46. The maximum atomic E-state index is 12.9. The largest absolute Gasteiger partial charge is 0.309 e. The molecule has 2 aromatic rings. The number of rotatable bonds is 7. The van der Waals surface area contributed by atoms with E-state index < -0.39 is 10.0 Å². The van der Waals surface area contributed by atoms with Crippen molar-refractivity contribution >= 4 is 21.6 Å². The third kappa shape index (κ3) is 4.55. The Balaban J connectivity index is 2.36. The summed E-state index contributed by atoms with van der Waals surface area (Å²) in [4.78, 5) is 14.6. The van der Waals surface area contributed by atoms with Crippen molar-refractivity contribution in [1.82, 2.24) is 4.72 Å². The number of nitrogens with one attached hydrogen (secondary N) is 1. The van der Waals surface area contributed by atoms with Crippen LogP contribution in [-0.4, -0.2) is 27.4 Å². The van der Waals surface area contributed by atoms with E-state index in [-0.39, 0.29) is 17.3 Å². The summed E-state index contributed by atoms with van der Waals surface area (Å²) in [5, 5.41) is 0. The molecule has 0 bridgehead atoms. The van der Waals surface area contributed by atoms with Gasteiger partial charge in [0.15, 0.2) is 0 Å². The number of benzene rings is 2. The molecule has 0 spiro atoms. The van der Waals surface area contributed by atoms with Gasteiger partial charge in [-0.25, -0.2) is 13.1 Å². The van der Waals surface area contributed by atoms with Gasteiger partial charge in [-0.05, 0) is 49.7 Å². The second-order valence-corrected chi connectivity index (χ2v) is 7.32. The predicted molar refractivity (Wildman–Crippen MR) is 100 cm³/mol. The predicted octanol–water partition coefficient (Wildman–Crippen LogP) is 3.13. The molecule has 0 aromatic heterocycles. The Morgan fingerprint density at radius 1 is 1.20 bits per heavy atom. The van der Waals surface area contributed by atoms with Crippen LogP contribution < -0.4 is 9.62 Å². The fourth-order valence-electron chi connectivity index (χ4n) is 2.44. The van der Waals surface area contributed by atoms with Crippen LogP contribution in [0, 0.1) is 6.92 Å². The Morgan fingerprint density at radius 2 is 1.92 bits per heavy atom. The molecule has 2 rings (SSSR count). The highest BCUT2D eigenvalue weighted by Crippen LogP contribution is 2.20. The van der Waals surface area contributed by atoms with Crippen molar-refractivity contribution in [2.24, 2.45) is 0 Å². The quantitative estimate of drug-likeness (QED) is 0.773. The molecule has 1 amide bonds. The van der Waals surface area contributed by atoms with Gasteiger partial charge >= 0.3 is 0 Å². The first-order valence-electron chi connectivity index (χ1n) is 7.98. The smallest absolute Gasteiger partial charge is 0.258 e. The fraction of sp³-hybridized carbons (Fsp3) is 0.211. The zero-order valence-electron chi connectivity index (χ0n) is 14.4. The van der Waals surface area contributed by atoms with E-state index in [4.69, 9.17) is 0 Å². The van der Waals surface area contributed by atoms with Crippen LogP contribution in [0.5, 0.6) is 0 Å². The van der Waals surface area contributed by atoms with Gasteiger partial charge in [-0.15, -0.1) is 6.58 Å². The first-order chi connectivity index (χ1) is 11.9. The highest BCUT2D eigenvalue weighted by molar-refractivity contribution is 7.89. The summed E-state index contributed by atoms with van der Waals surface area (Å²) >= 11 is 0. The maximum Gasteiger partial charge on any atom is 0.258 e.